The Morgan fingerprint density at radius 2 is 2.17 bits per heavy atom. The summed E-state index contributed by atoms with van der Waals surface area (Å²) in [4.78, 5) is 22.5. The number of aromatic amines is 1. The van der Waals surface area contributed by atoms with Gasteiger partial charge in [0.05, 0.1) is 5.39 Å². The van der Waals surface area contributed by atoms with Crippen molar-refractivity contribution in [3.8, 4) is 0 Å². The Balaban J connectivity index is 2.02. The van der Waals surface area contributed by atoms with Crippen molar-refractivity contribution in [3.05, 3.63) is 18.6 Å². The summed E-state index contributed by atoms with van der Waals surface area (Å²) < 4.78 is 5.09. The highest BCUT2D eigenvalue weighted by Crippen LogP contribution is 2.16. The van der Waals surface area contributed by atoms with E-state index in [1.165, 1.54) is 6.33 Å². The molecule has 3 N–H and O–H groups in total. The third kappa shape index (κ3) is 2.88. The number of nitrogens with one attached hydrogen (secondary N) is 3. The fourth-order valence-corrected chi connectivity index (χ4v) is 1.39. The Morgan fingerprint density at radius 3 is 2.89 bits per heavy atom. The maximum absolute atomic E-state index is 11.5. The zero-order valence-corrected chi connectivity index (χ0v) is 10.4. The second kappa shape index (κ2) is 4.52. The van der Waals surface area contributed by atoms with E-state index in [2.05, 4.69) is 25.8 Å². The first-order valence-corrected chi connectivity index (χ1v) is 5.49. The molecule has 2 aromatic rings. The first-order valence-electron chi connectivity index (χ1n) is 5.49. The van der Waals surface area contributed by atoms with E-state index in [-0.39, 0.29) is 0 Å². The van der Waals surface area contributed by atoms with Crippen LogP contribution in [0.25, 0.3) is 11.0 Å². The molecule has 0 unspecified atom stereocenters. The molecular weight excluding hydrogens is 234 g/mol. The predicted octanol–water partition coefficient (Wildman–Crippen LogP) is 1.81. The van der Waals surface area contributed by atoms with Crippen molar-refractivity contribution in [1.29, 1.82) is 0 Å². The van der Waals surface area contributed by atoms with Gasteiger partial charge in [-0.15, -0.1) is 0 Å². The molecule has 2 aromatic heterocycles. The number of aromatic nitrogens is 3. The molecule has 0 saturated carbocycles. The van der Waals surface area contributed by atoms with Crippen molar-refractivity contribution in [2.75, 3.05) is 5.43 Å². The molecule has 0 aliphatic heterocycles. The van der Waals surface area contributed by atoms with Gasteiger partial charge in [0.15, 0.2) is 5.82 Å². The summed E-state index contributed by atoms with van der Waals surface area (Å²) in [6.07, 6.45) is 2.58. The second-order valence-electron chi connectivity index (χ2n) is 4.71. The van der Waals surface area contributed by atoms with Gasteiger partial charge in [0.25, 0.3) is 0 Å². The summed E-state index contributed by atoms with van der Waals surface area (Å²) in [5.74, 6) is 0.507. The van der Waals surface area contributed by atoms with Crippen LogP contribution < -0.4 is 10.9 Å². The van der Waals surface area contributed by atoms with E-state index in [4.69, 9.17) is 4.74 Å². The fourth-order valence-electron chi connectivity index (χ4n) is 1.39. The molecule has 0 saturated heterocycles. The van der Waals surface area contributed by atoms with Crippen LogP contribution in [0.1, 0.15) is 20.8 Å². The fraction of sp³-hybridized carbons (Fsp3) is 0.364. The zero-order valence-electron chi connectivity index (χ0n) is 10.4. The number of nitrogens with zero attached hydrogens (tertiary/aromatic N) is 2. The highest BCUT2D eigenvalue weighted by molar-refractivity contribution is 5.87. The first kappa shape index (κ1) is 12.2. The molecule has 1 amide bonds. The van der Waals surface area contributed by atoms with Crippen molar-refractivity contribution in [1.82, 2.24) is 20.4 Å². The lowest BCUT2D eigenvalue weighted by Crippen LogP contribution is -2.36. The number of hydrogen-bond acceptors (Lipinski definition) is 5. The quantitative estimate of drug-likeness (QED) is 0.706. The monoisotopic (exact) mass is 249 g/mol. The van der Waals surface area contributed by atoms with Gasteiger partial charge in [0, 0.05) is 6.20 Å². The number of hydrazine groups is 1. The van der Waals surface area contributed by atoms with E-state index < -0.39 is 11.7 Å². The molecule has 0 aromatic carbocycles. The van der Waals surface area contributed by atoms with E-state index >= 15 is 0 Å². The number of fused-ring (bicyclic) bond motifs is 1. The van der Waals surface area contributed by atoms with Crippen LogP contribution in [0.5, 0.6) is 0 Å². The number of anilines is 1. The molecule has 0 atom stereocenters. The Labute approximate surface area is 104 Å². The zero-order chi connectivity index (χ0) is 13.2. The molecule has 18 heavy (non-hydrogen) atoms. The molecule has 2 heterocycles. The van der Waals surface area contributed by atoms with Crippen LogP contribution in [0.4, 0.5) is 10.6 Å². The van der Waals surface area contributed by atoms with Crippen molar-refractivity contribution >= 4 is 22.9 Å². The van der Waals surface area contributed by atoms with Gasteiger partial charge in [-0.3, -0.25) is 5.43 Å². The van der Waals surface area contributed by atoms with Crippen molar-refractivity contribution in [3.63, 3.8) is 0 Å². The number of amides is 1. The maximum Gasteiger partial charge on any atom is 0.426 e. The Morgan fingerprint density at radius 1 is 1.39 bits per heavy atom. The largest absolute Gasteiger partial charge is 0.443 e. The van der Waals surface area contributed by atoms with Crippen LogP contribution in [0, 0.1) is 0 Å². The topological polar surface area (TPSA) is 91.9 Å². The van der Waals surface area contributed by atoms with E-state index in [9.17, 15) is 4.79 Å². The van der Waals surface area contributed by atoms with Crippen LogP contribution in [0.15, 0.2) is 18.6 Å². The predicted molar refractivity (Wildman–Crippen MR) is 66.9 cm³/mol. The van der Waals surface area contributed by atoms with Gasteiger partial charge in [0.2, 0.25) is 0 Å². The molecule has 0 spiro atoms. The standard InChI is InChI=1S/C11H15N5O2/c1-11(2,3)18-10(17)16-15-9-7-4-5-12-8(7)13-6-14-9/h4-6H,1-3H3,(H,16,17)(H2,12,13,14,15). The van der Waals surface area contributed by atoms with Crippen molar-refractivity contribution in [2.24, 2.45) is 0 Å². The maximum atomic E-state index is 11.5. The smallest absolute Gasteiger partial charge is 0.426 e. The summed E-state index contributed by atoms with van der Waals surface area (Å²) in [6, 6.07) is 1.81. The molecular formula is C11H15N5O2. The van der Waals surface area contributed by atoms with Crippen LogP contribution in [-0.4, -0.2) is 26.6 Å². The molecule has 0 aliphatic rings. The lowest BCUT2D eigenvalue weighted by molar-refractivity contribution is 0.0541. The molecule has 7 nitrogen and oxygen atoms in total. The highest BCUT2D eigenvalue weighted by atomic mass is 16.6. The van der Waals surface area contributed by atoms with E-state index in [1.54, 1.807) is 27.0 Å². The number of carbonyl (C=O) groups is 1. The number of hydrogen-bond donors (Lipinski definition) is 3. The summed E-state index contributed by atoms with van der Waals surface area (Å²) in [5.41, 5.74) is 5.27. The van der Waals surface area contributed by atoms with Crippen molar-refractivity contribution in [2.45, 2.75) is 26.4 Å². The van der Waals surface area contributed by atoms with Crippen LogP contribution in [0.3, 0.4) is 0 Å². The third-order valence-electron chi connectivity index (χ3n) is 2.04. The molecule has 0 radical (unpaired) electrons. The van der Waals surface area contributed by atoms with E-state index in [0.717, 1.165) is 5.39 Å². The number of H-pyrrole nitrogens is 1. The second-order valence-corrected chi connectivity index (χ2v) is 4.71. The Bertz CT molecular complexity index is 558. The third-order valence-corrected chi connectivity index (χ3v) is 2.04. The van der Waals surface area contributed by atoms with Gasteiger partial charge in [0.1, 0.15) is 17.6 Å². The van der Waals surface area contributed by atoms with Crippen molar-refractivity contribution < 1.29 is 9.53 Å². The molecule has 7 heteroatoms. The normalized spacial score (nSPS) is 11.3. The van der Waals surface area contributed by atoms with Gasteiger partial charge in [-0.1, -0.05) is 0 Å². The average molecular weight is 249 g/mol. The Kier molecular flexibility index (Phi) is 3.05. The average Bonchev–Trinajstić information content (AvgIpc) is 2.72. The van der Waals surface area contributed by atoms with E-state index in [0.29, 0.717) is 11.5 Å². The van der Waals surface area contributed by atoms with Gasteiger partial charge < -0.3 is 9.72 Å². The lowest BCUT2D eigenvalue weighted by atomic mass is 10.2. The highest BCUT2D eigenvalue weighted by Gasteiger charge is 2.16. The minimum atomic E-state index is -0.565. The molecule has 0 fully saturated rings. The first-order chi connectivity index (χ1) is 8.46. The van der Waals surface area contributed by atoms with Gasteiger partial charge in [-0.2, -0.15) is 0 Å². The lowest BCUT2D eigenvalue weighted by Gasteiger charge is -2.19. The van der Waals surface area contributed by atoms with Crippen LogP contribution in [-0.2, 0) is 4.74 Å². The minimum absolute atomic E-state index is 0.507. The van der Waals surface area contributed by atoms with Gasteiger partial charge >= 0.3 is 6.09 Å². The van der Waals surface area contributed by atoms with Crippen LogP contribution in [0.2, 0.25) is 0 Å². The Hall–Kier alpha value is -2.31. The summed E-state index contributed by atoms with van der Waals surface area (Å²) in [6.45, 7) is 5.38. The minimum Gasteiger partial charge on any atom is -0.443 e. The van der Waals surface area contributed by atoms with Crippen LogP contribution >= 0.6 is 0 Å². The SMILES string of the molecule is CC(C)(C)OC(=O)NNc1ncnc2[nH]ccc12. The number of carbonyl (C=O) groups excluding carboxylic acids is 1. The molecule has 2 rings (SSSR count). The van der Waals surface area contributed by atoms with E-state index in [1.807, 2.05) is 6.07 Å². The molecule has 0 bridgehead atoms. The summed E-state index contributed by atoms with van der Waals surface area (Å²) >= 11 is 0. The number of rotatable bonds is 2. The molecule has 96 valence electrons. The summed E-state index contributed by atoms with van der Waals surface area (Å²) in [5, 5.41) is 0.786. The summed E-state index contributed by atoms with van der Waals surface area (Å²) in [7, 11) is 0. The number of ether oxygens (including phenoxy) is 1. The van der Waals surface area contributed by atoms with Gasteiger partial charge in [-0.25, -0.2) is 20.2 Å². The van der Waals surface area contributed by atoms with Gasteiger partial charge in [-0.05, 0) is 26.8 Å². The molecule has 0 aliphatic carbocycles.